The van der Waals surface area contributed by atoms with Crippen LogP contribution in [0, 0.1) is 5.82 Å². The summed E-state index contributed by atoms with van der Waals surface area (Å²) in [6, 6.07) is 30.8. The molecule has 5 rings (SSSR count). The number of aliphatic hydroxyl groups excluding tert-OH is 1. The molecule has 2 aromatic heterocycles. The van der Waals surface area contributed by atoms with E-state index in [1.807, 2.05) is 41.1 Å². The van der Waals surface area contributed by atoms with Crippen molar-refractivity contribution in [1.29, 1.82) is 0 Å². The summed E-state index contributed by atoms with van der Waals surface area (Å²) in [5, 5.41) is 16.6. The molecule has 4 nitrogen and oxygen atoms in total. The number of hydrogen-bond acceptors (Lipinski definition) is 3. The van der Waals surface area contributed by atoms with Crippen LogP contribution in [0.4, 0.5) is 4.39 Å². The number of aromatic nitrogens is 3. The summed E-state index contributed by atoms with van der Waals surface area (Å²) in [7, 11) is 0. The molecule has 0 amide bonds. The van der Waals surface area contributed by atoms with Crippen molar-refractivity contribution >= 4 is 0 Å². The first kappa shape index (κ1) is 24.6. The second kappa shape index (κ2) is 11.8. The largest absolute Gasteiger partial charge is 0.387 e. The third-order valence-electron chi connectivity index (χ3n) is 6.62. The molecule has 0 spiro atoms. The van der Waals surface area contributed by atoms with Gasteiger partial charge < -0.3 is 5.11 Å². The van der Waals surface area contributed by atoms with Crippen molar-refractivity contribution in [1.82, 2.24) is 14.8 Å². The SMILES string of the molecule is OC(CCc1ccccc1)c1c(-c2ccncc2)c(-c2ccc(F)cc2)nn1CCCc1ccccc1. The van der Waals surface area contributed by atoms with Crippen LogP contribution in [0.5, 0.6) is 0 Å². The van der Waals surface area contributed by atoms with Gasteiger partial charge in [-0.2, -0.15) is 5.10 Å². The van der Waals surface area contributed by atoms with Gasteiger partial charge >= 0.3 is 0 Å². The molecule has 1 unspecified atom stereocenters. The molecule has 5 heteroatoms. The van der Waals surface area contributed by atoms with E-state index in [2.05, 4.69) is 41.4 Å². The minimum atomic E-state index is -0.721. The van der Waals surface area contributed by atoms with E-state index in [9.17, 15) is 9.50 Å². The second-order valence-corrected chi connectivity index (χ2v) is 9.20. The number of benzene rings is 3. The summed E-state index contributed by atoms with van der Waals surface area (Å²) in [6.07, 6.45) is 5.88. The van der Waals surface area contributed by atoms with Crippen molar-refractivity contribution in [3.05, 3.63) is 132 Å². The van der Waals surface area contributed by atoms with Crippen molar-refractivity contribution < 1.29 is 9.50 Å². The fourth-order valence-electron chi connectivity index (χ4n) is 4.76. The Balaban J connectivity index is 1.54. The summed E-state index contributed by atoms with van der Waals surface area (Å²) in [5.74, 6) is -0.292. The zero-order chi connectivity index (χ0) is 25.5. The second-order valence-electron chi connectivity index (χ2n) is 9.20. The molecule has 0 saturated heterocycles. The third kappa shape index (κ3) is 6.01. The van der Waals surface area contributed by atoms with Crippen LogP contribution in [0.1, 0.15) is 35.8 Å². The van der Waals surface area contributed by atoms with E-state index in [4.69, 9.17) is 5.10 Å². The van der Waals surface area contributed by atoms with E-state index in [-0.39, 0.29) is 5.82 Å². The summed E-state index contributed by atoms with van der Waals surface area (Å²) in [4.78, 5) is 4.19. The first-order valence-corrected chi connectivity index (χ1v) is 12.7. The molecule has 2 heterocycles. The Bertz CT molecular complexity index is 1400. The third-order valence-corrected chi connectivity index (χ3v) is 6.62. The highest BCUT2D eigenvalue weighted by Gasteiger charge is 2.25. The van der Waals surface area contributed by atoms with Crippen molar-refractivity contribution in [2.24, 2.45) is 0 Å². The van der Waals surface area contributed by atoms with Crippen LogP contribution in [-0.4, -0.2) is 19.9 Å². The van der Waals surface area contributed by atoms with Gasteiger partial charge in [0.2, 0.25) is 0 Å². The molecular formula is C32H30FN3O. The summed E-state index contributed by atoms with van der Waals surface area (Å²) in [6.45, 7) is 0.659. The smallest absolute Gasteiger partial charge is 0.123 e. The number of pyridine rings is 1. The van der Waals surface area contributed by atoms with Crippen LogP contribution >= 0.6 is 0 Å². The highest BCUT2D eigenvalue weighted by atomic mass is 19.1. The predicted molar refractivity (Wildman–Crippen MR) is 145 cm³/mol. The van der Waals surface area contributed by atoms with E-state index in [0.717, 1.165) is 47.3 Å². The van der Waals surface area contributed by atoms with Crippen molar-refractivity contribution in [2.75, 3.05) is 0 Å². The van der Waals surface area contributed by atoms with Gasteiger partial charge in [0, 0.05) is 30.1 Å². The lowest BCUT2D eigenvalue weighted by Gasteiger charge is -2.16. The Kier molecular flexibility index (Phi) is 7.82. The molecular weight excluding hydrogens is 461 g/mol. The number of aryl methyl sites for hydroxylation is 3. The molecule has 5 aromatic rings. The quantitative estimate of drug-likeness (QED) is 0.228. The number of nitrogens with zero attached hydrogens (tertiary/aromatic N) is 3. The monoisotopic (exact) mass is 491 g/mol. The molecule has 0 bridgehead atoms. The molecule has 1 atom stereocenters. The van der Waals surface area contributed by atoms with Gasteiger partial charge in [-0.05, 0) is 78.8 Å². The minimum Gasteiger partial charge on any atom is -0.387 e. The molecule has 0 radical (unpaired) electrons. The van der Waals surface area contributed by atoms with Gasteiger partial charge in [0.1, 0.15) is 11.5 Å². The average molecular weight is 492 g/mol. The lowest BCUT2D eigenvalue weighted by molar-refractivity contribution is 0.157. The lowest BCUT2D eigenvalue weighted by Crippen LogP contribution is -2.12. The standard InChI is InChI=1S/C32H30FN3O/c33-28-16-14-27(15-17-28)31-30(26-19-21-34-22-20-26)32(29(37)18-13-25-10-5-2-6-11-25)36(35-31)23-7-12-24-8-3-1-4-9-24/h1-6,8-11,14-17,19-22,29,37H,7,12-13,18,23H2. The van der Waals surface area contributed by atoms with Crippen LogP contribution in [0.2, 0.25) is 0 Å². The number of hydrogen-bond donors (Lipinski definition) is 1. The van der Waals surface area contributed by atoms with Gasteiger partial charge in [-0.25, -0.2) is 4.39 Å². The highest BCUT2D eigenvalue weighted by molar-refractivity contribution is 5.83. The molecule has 0 saturated carbocycles. The Hall–Kier alpha value is -4.09. The van der Waals surface area contributed by atoms with E-state index >= 15 is 0 Å². The average Bonchev–Trinajstić information content (AvgIpc) is 3.33. The van der Waals surface area contributed by atoms with E-state index in [1.165, 1.54) is 23.3 Å². The Morgan fingerprint density at radius 1 is 0.730 bits per heavy atom. The molecule has 0 aliphatic rings. The fourth-order valence-corrected chi connectivity index (χ4v) is 4.76. The van der Waals surface area contributed by atoms with Gasteiger partial charge in [-0.15, -0.1) is 0 Å². The normalized spacial score (nSPS) is 11.9. The maximum absolute atomic E-state index is 13.8. The van der Waals surface area contributed by atoms with Crippen LogP contribution in [0.15, 0.2) is 109 Å². The van der Waals surface area contributed by atoms with Gasteiger partial charge in [0.05, 0.1) is 11.8 Å². The number of halogens is 1. The predicted octanol–water partition coefficient (Wildman–Crippen LogP) is 7.05. The minimum absolute atomic E-state index is 0.292. The first-order chi connectivity index (χ1) is 18.2. The highest BCUT2D eigenvalue weighted by Crippen LogP contribution is 2.38. The molecule has 1 N–H and O–H groups in total. The van der Waals surface area contributed by atoms with Gasteiger partial charge in [0.15, 0.2) is 0 Å². The zero-order valence-electron chi connectivity index (χ0n) is 20.7. The summed E-state index contributed by atoms with van der Waals surface area (Å²) >= 11 is 0. The molecule has 0 fully saturated rings. The molecule has 186 valence electrons. The van der Waals surface area contributed by atoms with Crippen LogP contribution in [-0.2, 0) is 19.4 Å². The Labute approximate surface area is 217 Å². The molecule has 0 aliphatic heterocycles. The maximum atomic E-state index is 13.8. The zero-order valence-corrected chi connectivity index (χ0v) is 20.7. The van der Waals surface area contributed by atoms with Gasteiger partial charge in [-0.3, -0.25) is 9.67 Å². The van der Waals surface area contributed by atoms with Crippen molar-refractivity contribution in [3.63, 3.8) is 0 Å². The van der Waals surface area contributed by atoms with Crippen LogP contribution < -0.4 is 0 Å². The van der Waals surface area contributed by atoms with Crippen molar-refractivity contribution in [3.8, 4) is 22.4 Å². The van der Waals surface area contributed by atoms with Crippen LogP contribution in [0.3, 0.4) is 0 Å². The number of rotatable bonds is 10. The van der Waals surface area contributed by atoms with E-state index in [0.29, 0.717) is 13.0 Å². The molecule has 0 aliphatic carbocycles. The van der Waals surface area contributed by atoms with E-state index in [1.54, 1.807) is 24.5 Å². The fraction of sp³-hybridized carbons (Fsp3) is 0.188. The first-order valence-electron chi connectivity index (χ1n) is 12.7. The topological polar surface area (TPSA) is 50.9 Å². The molecule has 37 heavy (non-hydrogen) atoms. The van der Waals surface area contributed by atoms with Crippen LogP contribution in [0.25, 0.3) is 22.4 Å². The Morgan fingerprint density at radius 2 is 1.35 bits per heavy atom. The Morgan fingerprint density at radius 3 is 2.00 bits per heavy atom. The van der Waals surface area contributed by atoms with E-state index < -0.39 is 6.10 Å². The van der Waals surface area contributed by atoms with Gasteiger partial charge in [-0.1, -0.05) is 60.7 Å². The summed E-state index contributed by atoms with van der Waals surface area (Å²) in [5.41, 5.74) is 6.59. The molecule has 3 aromatic carbocycles. The lowest BCUT2D eigenvalue weighted by atomic mass is 9.95. The maximum Gasteiger partial charge on any atom is 0.123 e. The van der Waals surface area contributed by atoms with Gasteiger partial charge in [0.25, 0.3) is 0 Å². The summed E-state index contributed by atoms with van der Waals surface area (Å²) < 4.78 is 15.7. The van der Waals surface area contributed by atoms with Crippen molar-refractivity contribution in [2.45, 2.75) is 38.3 Å². The number of aliphatic hydroxyl groups is 1.